The number of esters is 3. The summed E-state index contributed by atoms with van der Waals surface area (Å²) in [5.74, 6) is -0.897. The van der Waals surface area contributed by atoms with Gasteiger partial charge in [0.15, 0.2) is 6.10 Å². The topological polar surface area (TPSA) is 78.9 Å². The van der Waals surface area contributed by atoms with E-state index in [2.05, 4.69) is 45.1 Å². The van der Waals surface area contributed by atoms with Gasteiger partial charge in [0.25, 0.3) is 0 Å². The second-order valence-corrected chi connectivity index (χ2v) is 16.0. The first kappa shape index (κ1) is 52.9. The second kappa shape index (κ2) is 44.6. The van der Waals surface area contributed by atoms with Crippen LogP contribution in [0.4, 0.5) is 0 Å². The first-order valence-corrected chi connectivity index (χ1v) is 23.8. The second-order valence-electron chi connectivity index (χ2n) is 16.0. The number of ether oxygens (including phenoxy) is 3. The average Bonchev–Trinajstić information content (AvgIpc) is 3.18. The molecule has 0 heterocycles. The maximum absolute atomic E-state index is 12.7. The van der Waals surface area contributed by atoms with Crippen LogP contribution in [0.25, 0.3) is 0 Å². The molecule has 0 aliphatic heterocycles. The van der Waals surface area contributed by atoms with E-state index in [0.717, 1.165) is 83.5 Å². The minimum atomic E-state index is -0.775. The van der Waals surface area contributed by atoms with Gasteiger partial charge in [-0.1, -0.05) is 186 Å². The third-order valence-corrected chi connectivity index (χ3v) is 10.4. The van der Waals surface area contributed by atoms with E-state index in [-0.39, 0.29) is 31.1 Å². The number of carbonyl (C=O) groups is 3. The zero-order chi connectivity index (χ0) is 40.1. The third kappa shape index (κ3) is 42.9. The van der Waals surface area contributed by atoms with Crippen LogP contribution in [-0.2, 0) is 28.6 Å². The Morgan fingerprint density at radius 2 is 0.600 bits per heavy atom. The van der Waals surface area contributed by atoms with Crippen molar-refractivity contribution in [3.05, 3.63) is 24.3 Å². The summed E-state index contributed by atoms with van der Waals surface area (Å²) in [4.78, 5) is 37.7. The quantitative estimate of drug-likeness (QED) is 0.0266. The molecule has 1 unspecified atom stereocenters. The van der Waals surface area contributed by atoms with Crippen LogP contribution in [0.5, 0.6) is 0 Å². The zero-order valence-corrected chi connectivity index (χ0v) is 36.7. The van der Waals surface area contributed by atoms with Gasteiger partial charge in [-0.25, -0.2) is 0 Å². The van der Waals surface area contributed by atoms with Gasteiger partial charge in [0.2, 0.25) is 0 Å². The molecule has 0 saturated carbocycles. The molecule has 0 aromatic rings. The molecule has 0 N–H and O–H groups in total. The fourth-order valence-corrected chi connectivity index (χ4v) is 6.78. The summed E-state index contributed by atoms with van der Waals surface area (Å²) in [6.45, 7) is 6.59. The number of unbranched alkanes of at least 4 members (excludes halogenated alkanes) is 28. The lowest BCUT2D eigenvalue weighted by Crippen LogP contribution is -2.30. The largest absolute Gasteiger partial charge is 0.462 e. The van der Waals surface area contributed by atoms with Gasteiger partial charge >= 0.3 is 17.9 Å². The SMILES string of the molecule is CCCCC/C=C\CCCCCCCC(=O)OC(COC(=O)CCCCC/C=C\CCCCCCCCC)COC(=O)CCCCCCCCCCCCC. The molecule has 0 spiro atoms. The molecule has 1 atom stereocenters. The van der Waals surface area contributed by atoms with Gasteiger partial charge in [-0.2, -0.15) is 0 Å². The minimum absolute atomic E-state index is 0.0764. The monoisotopic (exact) mass is 775 g/mol. The zero-order valence-electron chi connectivity index (χ0n) is 36.7. The molecule has 0 fully saturated rings. The molecule has 0 bridgehead atoms. The van der Waals surface area contributed by atoms with E-state index in [1.807, 2.05) is 0 Å². The molecular weight excluding hydrogens is 685 g/mol. The lowest BCUT2D eigenvalue weighted by Gasteiger charge is -2.18. The van der Waals surface area contributed by atoms with E-state index in [1.54, 1.807) is 0 Å². The minimum Gasteiger partial charge on any atom is -0.462 e. The van der Waals surface area contributed by atoms with E-state index >= 15 is 0 Å². The summed E-state index contributed by atoms with van der Waals surface area (Å²) in [6, 6.07) is 0. The molecule has 0 aliphatic carbocycles. The van der Waals surface area contributed by atoms with Crippen LogP contribution in [0.3, 0.4) is 0 Å². The standard InChI is InChI=1S/C49H90O6/c1-4-7-10-13-16-19-22-24-25-28-30-33-36-39-42-48(51)54-45-46(44-53-47(50)41-38-35-32-29-26-21-18-15-12-9-6-3)55-49(52)43-40-37-34-31-27-23-20-17-14-11-8-5-2/h17,20,25,28,46H,4-16,18-19,21-24,26-27,29-45H2,1-3H3/b20-17-,28-25-. The Balaban J connectivity index is 4.38. The molecule has 0 aromatic heterocycles. The van der Waals surface area contributed by atoms with Gasteiger partial charge in [-0.05, 0) is 70.6 Å². The highest BCUT2D eigenvalue weighted by Gasteiger charge is 2.19. The molecule has 0 rings (SSSR count). The van der Waals surface area contributed by atoms with E-state index in [0.29, 0.717) is 19.3 Å². The summed E-state index contributed by atoms with van der Waals surface area (Å²) in [7, 11) is 0. The molecule has 0 amide bonds. The Morgan fingerprint density at radius 3 is 0.964 bits per heavy atom. The number of hydrogen-bond donors (Lipinski definition) is 0. The van der Waals surface area contributed by atoms with E-state index in [9.17, 15) is 14.4 Å². The molecule has 6 nitrogen and oxygen atoms in total. The maximum Gasteiger partial charge on any atom is 0.306 e. The molecule has 6 heteroatoms. The van der Waals surface area contributed by atoms with Crippen molar-refractivity contribution in [2.24, 2.45) is 0 Å². The van der Waals surface area contributed by atoms with Crippen molar-refractivity contribution < 1.29 is 28.6 Å². The summed E-state index contributed by atoms with van der Waals surface area (Å²) in [6.07, 6.45) is 48.7. The molecular formula is C49H90O6. The van der Waals surface area contributed by atoms with E-state index in [1.165, 1.54) is 128 Å². The van der Waals surface area contributed by atoms with E-state index in [4.69, 9.17) is 14.2 Å². The van der Waals surface area contributed by atoms with Crippen molar-refractivity contribution in [3.8, 4) is 0 Å². The van der Waals surface area contributed by atoms with Crippen molar-refractivity contribution in [2.75, 3.05) is 13.2 Å². The van der Waals surface area contributed by atoms with Gasteiger partial charge in [0.05, 0.1) is 0 Å². The first-order chi connectivity index (χ1) is 27.0. The lowest BCUT2D eigenvalue weighted by atomic mass is 10.1. The fourth-order valence-electron chi connectivity index (χ4n) is 6.78. The van der Waals surface area contributed by atoms with Crippen LogP contribution in [-0.4, -0.2) is 37.2 Å². The summed E-state index contributed by atoms with van der Waals surface area (Å²) in [5.41, 5.74) is 0. The lowest BCUT2D eigenvalue weighted by molar-refractivity contribution is -0.167. The molecule has 55 heavy (non-hydrogen) atoms. The number of allylic oxidation sites excluding steroid dienone is 4. The number of carbonyl (C=O) groups excluding carboxylic acids is 3. The average molecular weight is 775 g/mol. The summed E-state index contributed by atoms with van der Waals surface area (Å²) in [5, 5.41) is 0. The fraction of sp³-hybridized carbons (Fsp3) is 0.857. The van der Waals surface area contributed by atoms with Crippen molar-refractivity contribution in [1.29, 1.82) is 0 Å². The number of rotatable bonds is 43. The third-order valence-electron chi connectivity index (χ3n) is 10.4. The predicted molar refractivity (Wildman–Crippen MR) is 233 cm³/mol. The van der Waals surface area contributed by atoms with Gasteiger partial charge in [0.1, 0.15) is 13.2 Å². The van der Waals surface area contributed by atoms with Crippen molar-refractivity contribution in [1.82, 2.24) is 0 Å². The first-order valence-electron chi connectivity index (χ1n) is 23.8. The highest BCUT2D eigenvalue weighted by atomic mass is 16.6. The van der Waals surface area contributed by atoms with Crippen molar-refractivity contribution >= 4 is 17.9 Å². The molecule has 322 valence electrons. The van der Waals surface area contributed by atoms with Crippen LogP contribution >= 0.6 is 0 Å². The Labute approximate surface area is 341 Å². The molecule has 0 aliphatic rings. The van der Waals surface area contributed by atoms with Crippen LogP contribution in [0.1, 0.15) is 252 Å². The molecule has 0 saturated heterocycles. The normalized spacial score (nSPS) is 12.1. The summed E-state index contributed by atoms with van der Waals surface area (Å²) >= 11 is 0. The number of hydrogen-bond acceptors (Lipinski definition) is 6. The highest BCUT2D eigenvalue weighted by Crippen LogP contribution is 2.14. The predicted octanol–water partition coefficient (Wildman–Crippen LogP) is 15.2. The van der Waals surface area contributed by atoms with Crippen LogP contribution in [0.15, 0.2) is 24.3 Å². The van der Waals surface area contributed by atoms with Crippen molar-refractivity contribution in [2.45, 2.75) is 258 Å². The van der Waals surface area contributed by atoms with Gasteiger partial charge in [-0.15, -0.1) is 0 Å². The molecule has 0 radical (unpaired) electrons. The molecule has 0 aromatic carbocycles. The van der Waals surface area contributed by atoms with Crippen molar-refractivity contribution in [3.63, 3.8) is 0 Å². The smallest absolute Gasteiger partial charge is 0.306 e. The van der Waals surface area contributed by atoms with Crippen LogP contribution < -0.4 is 0 Å². The maximum atomic E-state index is 12.7. The van der Waals surface area contributed by atoms with Crippen LogP contribution in [0.2, 0.25) is 0 Å². The Hall–Kier alpha value is -2.11. The summed E-state index contributed by atoms with van der Waals surface area (Å²) < 4.78 is 16.7. The van der Waals surface area contributed by atoms with Crippen LogP contribution in [0, 0.1) is 0 Å². The van der Waals surface area contributed by atoms with E-state index < -0.39 is 6.10 Å². The van der Waals surface area contributed by atoms with Gasteiger partial charge < -0.3 is 14.2 Å². The Kier molecular flexibility index (Phi) is 42.9. The Morgan fingerprint density at radius 1 is 0.345 bits per heavy atom. The Bertz CT molecular complexity index is 896. The van der Waals surface area contributed by atoms with Gasteiger partial charge in [-0.3, -0.25) is 14.4 Å². The highest BCUT2D eigenvalue weighted by molar-refractivity contribution is 5.71. The van der Waals surface area contributed by atoms with Gasteiger partial charge in [0, 0.05) is 19.3 Å².